The number of hydrogen-bond donors (Lipinski definition) is 1. The van der Waals surface area contributed by atoms with E-state index in [1.54, 1.807) is 18.5 Å². The van der Waals surface area contributed by atoms with Crippen molar-refractivity contribution in [1.82, 2.24) is 15.2 Å². The van der Waals surface area contributed by atoms with Crippen molar-refractivity contribution in [1.29, 1.82) is 0 Å². The second kappa shape index (κ2) is 7.03. The van der Waals surface area contributed by atoms with Gasteiger partial charge in [-0.2, -0.15) is 0 Å². The Morgan fingerprint density at radius 3 is 2.88 bits per heavy atom. The van der Waals surface area contributed by atoms with Crippen LogP contribution in [0.15, 0.2) is 30.6 Å². The zero-order chi connectivity index (χ0) is 16.4. The molecule has 1 aromatic carbocycles. The van der Waals surface area contributed by atoms with Gasteiger partial charge in [0.1, 0.15) is 6.10 Å². The summed E-state index contributed by atoms with van der Waals surface area (Å²) in [5, 5.41) is 5.32. The largest absolute Gasteiger partial charge is 0.487 e. The van der Waals surface area contributed by atoms with E-state index in [0.717, 1.165) is 49.8 Å². The molecule has 3 heterocycles. The van der Waals surface area contributed by atoms with Crippen molar-refractivity contribution < 1.29 is 9.13 Å². The minimum Gasteiger partial charge on any atom is -0.487 e. The van der Waals surface area contributed by atoms with Gasteiger partial charge in [-0.25, -0.2) is 4.39 Å². The number of ether oxygens (including phenoxy) is 1. The monoisotopic (exact) mass is 329 g/mol. The Kier molecular flexibility index (Phi) is 4.63. The standard InChI is InChI=1S/C19H24FN3O/c20-18-10-15-12-21-7-3-14(15)11-19(18)24-17-4-8-23(9-5-17)13-16-2-1-6-22-16/h3,7,10-12,16-17,22H,1-2,4-6,8-9,13H2/t16-/m1/s1. The first kappa shape index (κ1) is 15.8. The maximum Gasteiger partial charge on any atom is 0.165 e. The zero-order valence-corrected chi connectivity index (χ0v) is 13.9. The molecular weight excluding hydrogens is 305 g/mol. The molecule has 2 aliphatic rings. The highest BCUT2D eigenvalue weighted by atomic mass is 19.1. The molecular formula is C19H24FN3O. The Morgan fingerprint density at radius 2 is 2.08 bits per heavy atom. The normalized spacial score (nSPS) is 23.0. The molecule has 5 heteroatoms. The van der Waals surface area contributed by atoms with Crippen molar-refractivity contribution >= 4 is 10.8 Å². The lowest BCUT2D eigenvalue weighted by Gasteiger charge is -2.33. The number of nitrogens with one attached hydrogen (secondary N) is 1. The minimum atomic E-state index is -0.298. The van der Waals surface area contributed by atoms with Crippen molar-refractivity contribution in [3.8, 4) is 5.75 Å². The quantitative estimate of drug-likeness (QED) is 0.936. The van der Waals surface area contributed by atoms with Gasteiger partial charge in [-0.1, -0.05) is 0 Å². The van der Waals surface area contributed by atoms with Crippen molar-refractivity contribution in [2.75, 3.05) is 26.2 Å². The van der Waals surface area contributed by atoms with Crippen molar-refractivity contribution in [2.45, 2.75) is 37.8 Å². The van der Waals surface area contributed by atoms with Gasteiger partial charge in [0.05, 0.1) is 0 Å². The lowest BCUT2D eigenvalue weighted by molar-refractivity contribution is 0.0929. The van der Waals surface area contributed by atoms with Gasteiger partial charge in [-0.15, -0.1) is 0 Å². The highest BCUT2D eigenvalue weighted by molar-refractivity contribution is 5.83. The van der Waals surface area contributed by atoms with E-state index in [-0.39, 0.29) is 11.9 Å². The lowest BCUT2D eigenvalue weighted by Crippen LogP contribution is -2.44. The molecule has 0 aliphatic carbocycles. The van der Waals surface area contributed by atoms with Gasteiger partial charge in [0.2, 0.25) is 0 Å². The Balaban J connectivity index is 1.35. The fourth-order valence-corrected chi connectivity index (χ4v) is 3.79. The Labute approximate surface area is 142 Å². The summed E-state index contributed by atoms with van der Waals surface area (Å²) in [5.41, 5.74) is 0. The van der Waals surface area contributed by atoms with E-state index in [1.165, 1.54) is 18.9 Å². The highest BCUT2D eigenvalue weighted by Gasteiger charge is 2.24. The number of benzene rings is 1. The molecule has 1 N–H and O–H groups in total. The van der Waals surface area contributed by atoms with Crippen LogP contribution in [0.5, 0.6) is 5.75 Å². The van der Waals surface area contributed by atoms with Gasteiger partial charge < -0.3 is 15.0 Å². The van der Waals surface area contributed by atoms with Gasteiger partial charge in [0.25, 0.3) is 0 Å². The third kappa shape index (κ3) is 3.52. The SMILES string of the molecule is Fc1cc2cnccc2cc1OC1CCN(C[C@H]2CCCN2)CC1. The van der Waals surface area contributed by atoms with Crippen molar-refractivity contribution in [3.05, 3.63) is 36.4 Å². The number of piperidine rings is 1. The van der Waals surface area contributed by atoms with Crippen LogP contribution < -0.4 is 10.1 Å². The Bertz CT molecular complexity index is 694. The van der Waals surface area contributed by atoms with Gasteiger partial charge in [0.15, 0.2) is 11.6 Å². The van der Waals surface area contributed by atoms with E-state index in [2.05, 4.69) is 15.2 Å². The fourth-order valence-electron chi connectivity index (χ4n) is 3.79. The second-order valence-corrected chi connectivity index (χ2v) is 6.92. The molecule has 1 atom stereocenters. The molecule has 2 aromatic rings. The van der Waals surface area contributed by atoms with E-state index >= 15 is 0 Å². The summed E-state index contributed by atoms with van der Waals surface area (Å²) in [4.78, 5) is 6.54. The molecule has 128 valence electrons. The molecule has 0 saturated carbocycles. The van der Waals surface area contributed by atoms with E-state index in [0.29, 0.717) is 11.8 Å². The van der Waals surface area contributed by atoms with Crippen molar-refractivity contribution in [2.24, 2.45) is 0 Å². The number of likely N-dealkylation sites (tertiary alicyclic amines) is 1. The highest BCUT2D eigenvalue weighted by Crippen LogP contribution is 2.27. The molecule has 24 heavy (non-hydrogen) atoms. The maximum absolute atomic E-state index is 14.3. The minimum absolute atomic E-state index is 0.103. The number of fused-ring (bicyclic) bond motifs is 1. The Morgan fingerprint density at radius 1 is 1.21 bits per heavy atom. The molecule has 0 unspecified atom stereocenters. The molecule has 4 nitrogen and oxygen atoms in total. The molecule has 1 aromatic heterocycles. The Hall–Kier alpha value is -1.72. The third-order valence-electron chi connectivity index (χ3n) is 5.16. The zero-order valence-electron chi connectivity index (χ0n) is 13.9. The van der Waals surface area contributed by atoms with Crippen LogP contribution in [0.2, 0.25) is 0 Å². The molecule has 2 saturated heterocycles. The van der Waals surface area contributed by atoms with Crippen LogP contribution in [-0.2, 0) is 0 Å². The topological polar surface area (TPSA) is 37.4 Å². The summed E-state index contributed by atoms with van der Waals surface area (Å²) in [5.74, 6) is 0.0673. The fraction of sp³-hybridized carbons (Fsp3) is 0.526. The summed E-state index contributed by atoms with van der Waals surface area (Å²) in [6, 6.07) is 5.84. The molecule has 2 fully saturated rings. The maximum atomic E-state index is 14.3. The van der Waals surface area contributed by atoms with E-state index in [1.807, 2.05) is 6.07 Å². The number of hydrogen-bond acceptors (Lipinski definition) is 4. The number of pyridine rings is 1. The van der Waals surface area contributed by atoms with Gasteiger partial charge in [0, 0.05) is 43.5 Å². The first-order valence-electron chi connectivity index (χ1n) is 8.93. The molecule has 0 radical (unpaired) electrons. The van der Waals surface area contributed by atoms with Crippen LogP contribution in [-0.4, -0.2) is 48.2 Å². The average Bonchev–Trinajstić information content (AvgIpc) is 3.10. The van der Waals surface area contributed by atoms with Crippen molar-refractivity contribution in [3.63, 3.8) is 0 Å². The molecule has 4 rings (SSSR count). The number of rotatable bonds is 4. The summed E-state index contributed by atoms with van der Waals surface area (Å²) < 4.78 is 20.2. The predicted molar refractivity (Wildman–Crippen MR) is 92.8 cm³/mol. The summed E-state index contributed by atoms with van der Waals surface area (Å²) in [6.07, 6.45) is 8.00. The number of aromatic nitrogens is 1. The molecule has 0 bridgehead atoms. The molecule has 0 amide bonds. The van der Waals surface area contributed by atoms with Gasteiger partial charge in [-0.05, 0) is 55.8 Å². The second-order valence-electron chi connectivity index (χ2n) is 6.92. The van der Waals surface area contributed by atoms with Crippen LogP contribution in [0, 0.1) is 5.82 Å². The van der Waals surface area contributed by atoms with Crippen LogP contribution >= 0.6 is 0 Å². The van der Waals surface area contributed by atoms with Crippen LogP contribution in [0.1, 0.15) is 25.7 Å². The summed E-state index contributed by atoms with van der Waals surface area (Å²) in [7, 11) is 0. The van der Waals surface area contributed by atoms with Crippen LogP contribution in [0.3, 0.4) is 0 Å². The predicted octanol–water partition coefficient (Wildman–Crippen LogP) is 2.97. The van der Waals surface area contributed by atoms with Crippen LogP contribution in [0.4, 0.5) is 4.39 Å². The molecule has 2 aliphatic heterocycles. The van der Waals surface area contributed by atoms with E-state index in [9.17, 15) is 4.39 Å². The van der Waals surface area contributed by atoms with E-state index < -0.39 is 0 Å². The first-order chi connectivity index (χ1) is 11.8. The number of halogens is 1. The smallest absolute Gasteiger partial charge is 0.165 e. The third-order valence-corrected chi connectivity index (χ3v) is 5.16. The molecule has 0 spiro atoms. The van der Waals surface area contributed by atoms with Crippen LogP contribution in [0.25, 0.3) is 10.8 Å². The summed E-state index contributed by atoms with van der Waals surface area (Å²) >= 11 is 0. The van der Waals surface area contributed by atoms with Gasteiger partial charge >= 0.3 is 0 Å². The van der Waals surface area contributed by atoms with E-state index in [4.69, 9.17) is 4.74 Å². The number of nitrogens with zero attached hydrogens (tertiary/aromatic N) is 2. The van der Waals surface area contributed by atoms with Gasteiger partial charge in [-0.3, -0.25) is 4.98 Å². The lowest BCUT2D eigenvalue weighted by atomic mass is 10.1. The summed E-state index contributed by atoms with van der Waals surface area (Å²) in [6.45, 7) is 4.34. The first-order valence-corrected chi connectivity index (χ1v) is 8.93. The average molecular weight is 329 g/mol.